The summed E-state index contributed by atoms with van der Waals surface area (Å²) in [7, 11) is 0. The molecule has 0 bridgehead atoms. The molecule has 0 saturated carbocycles. The lowest BCUT2D eigenvalue weighted by atomic mass is 9.90. The van der Waals surface area contributed by atoms with Crippen LogP contribution in [0.15, 0.2) is 34.7 Å². The number of fused-ring (bicyclic) bond motifs is 3. The molecule has 0 radical (unpaired) electrons. The maximum atomic E-state index is 5.66. The van der Waals surface area contributed by atoms with Gasteiger partial charge in [0.05, 0.1) is 0 Å². The second kappa shape index (κ2) is 2.74. The Balaban J connectivity index is 2.28. The van der Waals surface area contributed by atoms with Gasteiger partial charge in [0.25, 0.3) is 0 Å². The van der Waals surface area contributed by atoms with E-state index in [1.165, 1.54) is 16.7 Å². The van der Waals surface area contributed by atoms with Crippen LogP contribution in [0.5, 0.6) is 0 Å². The smallest absolute Gasteiger partial charge is 0.112 e. The fourth-order valence-electron chi connectivity index (χ4n) is 2.23. The Morgan fingerprint density at radius 2 is 1.93 bits per heavy atom. The van der Waals surface area contributed by atoms with Gasteiger partial charge < -0.3 is 4.42 Å². The minimum atomic E-state index is 1.02. The highest BCUT2D eigenvalue weighted by Gasteiger charge is 2.18. The van der Waals surface area contributed by atoms with Crippen LogP contribution in [0.25, 0.3) is 11.1 Å². The minimum Gasteiger partial charge on any atom is -0.466 e. The highest BCUT2D eigenvalue weighted by molar-refractivity contribution is 5.71. The lowest BCUT2D eigenvalue weighted by molar-refractivity contribution is 0.481. The predicted molar refractivity (Wildman–Crippen MR) is 56.3 cm³/mol. The molecule has 1 aliphatic carbocycles. The zero-order valence-corrected chi connectivity index (χ0v) is 8.21. The van der Waals surface area contributed by atoms with Gasteiger partial charge in [0.2, 0.25) is 0 Å². The zero-order chi connectivity index (χ0) is 9.54. The van der Waals surface area contributed by atoms with Crippen LogP contribution in [0.1, 0.15) is 17.1 Å². The van der Waals surface area contributed by atoms with E-state index in [0.717, 1.165) is 24.4 Å². The summed E-state index contributed by atoms with van der Waals surface area (Å²) < 4.78 is 5.66. The first-order valence-electron chi connectivity index (χ1n) is 5.02. The molecule has 0 unspecified atom stereocenters. The summed E-state index contributed by atoms with van der Waals surface area (Å²) in [6.45, 7) is 2.01. The van der Waals surface area contributed by atoms with Crippen LogP contribution in [0.3, 0.4) is 0 Å². The van der Waals surface area contributed by atoms with Crippen LogP contribution in [0, 0.1) is 6.92 Å². The highest BCUT2D eigenvalue weighted by Crippen LogP contribution is 2.35. The molecule has 1 aromatic heterocycles. The summed E-state index contributed by atoms with van der Waals surface area (Å²) in [5.74, 6) is 2.17. The summed E-state index contributed by atoms with van der Waals surface area (Å²) in [6.07, 6.45) is 2.15. The van der Waals surface area contributed by atoms with E-state index in [-0.39, 0.29) is 0 Å². The first-order chi connectivity index (χ1) is 6.84. The summed E-state index contributed by atoms with van der Waals surface area (Å²) in [5.41, 5.74) is 4.09. The first-order valence-corrected chi connectivity index (χ1v) is 5.02. The number of benzene rings is 1. The van der Waals surface area contributed by atoms with Crippen LogP contribution in [0.4, 0.5) is 0 Å². The van der Waals surface area contributed by atoms with E-state index < -0.39 is 0 Å². The minimum absolute atomic E-state index is 1.02. The Morgan fingerprint density at radius 1 is 1.07 bits per heavy atom. The average molecular weight is 184 g/mol. The highest BCUT2D eigenvalue weighted by atomic mass is 16.3. The Bertz CT molecular complexity index is 480. The van der Waals surface area contributed by atoms with Crippen molar-refractivity contribution in [1.29, 1.82) is 0 Å². The van der Waals surface area contributed by atoms with Crippen LogP contribution in [0.2, 0.25) is 0 Å². The van der Waals surface area contributed by atoms with Crippen LogP contribution in [-0.2, 0) is 12.8 Å². The lowest BCUT2D eigenvalue weighted by Crippen LogP contribution is -2.00. The number of aryl methyl sites for hydroxylation is 3. The van der Waals surface area contributed by atoms with Crippen molar-refractivity contribution in [3.05, 3.63) is 47.4 Å². The first kappa shape index (κ1) is 7.86. The molecule has 0 fully saturated rings. The van der Waals surface area contributed by atoms with Crippen molar-refractivity contribution in [3.63, 3.8) is 0 Å². The molecule has 0 spiro atoms. The predicted octanol–water partition coefficient (Wildman–Crippen LogP) is 3.35. The van der Waals surface area contributed by atoms with E-state index >= 15 is 0 Å². The maximum absolute atomic E-state index is 5.66. The van der Waals surface area contributed by atoms with Crippen LogP contribution >= 0.6 is 0 Å². The van der Waals surface area contributed by atoms with Gasteiger partial charge in [-0.2, -0.15) is 0 Å². The van der Waals surface area contributed by atoms with Crippen molar-refractivity contribution in [2.45, 2.75) is 19.8 Å². The number of furan rings is 1. The second-order valence-electron chi connectivity index (χ2n) is 3.85. The van der Waals surface area contributed by atoms with E-state index in [4.69, 9.17) is 4.42 Å². The summed E-state index contributed by atoms with van der Waals surface area (Å²) >= 11 is 0. The van der Waals surface area contributed by atoms with Gasteiger partial charge in [-0.15, -0.1) is 0 Å². The number of rotatable bonds is 0. The molecule has 0 atom stereocenters. The number of hydrogen-bond acceptors (Lipinski definition) is 1. The normalized spacial score (nSPS) is 13.5. The van der Waals surface area contributed by atoms with Crippen molar-refractivity contribution < 1.29 is 4.42 Å². The molecule has 3 rings (SSSR count). The third kappa shape index (κ3) is 1.02. The van der Waals surface area contributed by atoms with E-state index in [1.54, 1.807) is 0 Å². The molecule has 1 nitrogen and oxygen atoms in total. The van der Waals surface area contributed by atoms with E-state index in [2.05, 4.69) is 30.3 Å². The van der Waals surface area contributed by atoms with Gasteiger partial charge in [0.15, 0.2) is 0 Å². The molecule has 0 amide bonds. The summed E-state index contributed by atoms with van der Waals surface area (Å²) in [4.78, 5) is 0. The van der Waals surface area contributed by atoms with Gasteiger partial charge >= 0.3 is 0 Å². The SMILES string of the molecule is Cc1cc2c(o1)CCc1ccccc1-2. The van der Waals surface area contributed by atoms with Crippen LogP contribution < -0.4 is 0 Å². The van der Waals surface area contributed by atoms with Crippen molar-refractivity contribution in [1.82, 2.24) is 0 Å². The summed E-state index contributed by atoms with van der Waals surface area (Å²) in [6, 6.07) is 10.7. The third-order valence-corrected chi connectivity index (χ3v) is 2.86. The number of hydrogen-bond donors (Lipinski definition) is 0. The molecular weight excluding hydrogens is 172 g/mol. The Morgan fingerprint density at radius 3 is 2.86 bits per heavy atom. The monoisotopic (exact) mass is 184 g/mol. The zero-order valence-electron chi connectivity index (χ0n) is 8.21. The Kier molecular flexibility index (Phi) is 1.54. The maximum Gasteiger partial charge on any atom is 0.112 e. The molecule has 14 heavy (non-hydrogen) atoms. The van der Waals surface area contributed by atoms with Crippen molar-refractivity contribution in [2.24, 2.45) is 0 Å². The molecule has 0 N–H and O–H groups in total. The molecule has 70 valence electrons. The van der Waals surface area contributed by atoms with Gasteiger partial charge in [-0.1, -0.05) is 24.3 Å². The van der Waals surface area contributed by atoms with E-state index in [9.17, 15) is 0 Å². The molecule has 1 aromatic carbocycles. The second-order valence-corrected chi connectivity index (χ2v) is 3.85. The van der Waals surface area contributed by atoms with Gasteiger partial charge in [-0.05, 0) is 30.5 Å². The Hall–Kier alpha value is -1.50. The molecular formula is C13H12O. The summed E-state index contributed by atoms with van der Waals surface area (Å²) in [5, 5.41) is 0. The molecule has 2 aromatic rings. The third-order valence-electron chi connectivity index (χ3n) is 2.86. The standard InChI is InChI=1S/C13H12O/c1-9-8-12-11-5-3-2-4-10(11)6-7-13(12)14-9/h2-5,8H,6-7H2,1H3. The van der Waals surface area contributed by atoms with Crippen molar-refractivity contribution in [2.75, 3.05) is 0 Å². The molecule has 0 aliphatic heterocycles. The largest absolute Gasteiger partial charge is 0.466 e. The van der Waals surface area contributed by atoms with Gasteiger partial charge in [-0.25, -0.2) is 0 Å². The molecule has 1 heteroatoms. The van der Waals surface area contributed by atoms with Gasteiger partial charge in [0, 0.05) is 12.0 Å². The quantitative estimate of drug-likeness (QED) is 0.612. The average Bonchev–Trinajstić information content (AvgIpc) is 2.59. The molecule has 1 aliphatic rings. The van der Waals surface area contributed by atoms with Gasteiger partial charge in [0.1, 0.15) is 11.5 Å². The molecule has 1 heterocycles. The topological polar surface area (TPSA) is 13.1 Å². The van der Waals surface area contributed by atoms with Gasteiger partial charge in [-0.3, -0.25) is 0 Å². The van der Waals surface area contributed by atoms with Crippen LogP contribution in [-0.4, -0.2) is 0 Å². The van der Waals surface area contributed by atoms with E-state index in [1.807, 2.05) is 6.92 Å². The Labute approximate surface area is 83.4 Å². The fraction of sp³-hybridized carbons (Fsp3) is 0.231. The fourth-order valence-corrected chi connectivity index (χ4v) is 2.23. The molecule has 0 saturated heterocycles. The van der Waals surface area contributed by atoms with Crippen molar-refractivity contribution in [3.8, 4) is 11.1 Å². The van der Waals surface area contributed by atoms with E-state index in [0.29, 0.717) is 0 Å². The lowest BCUT2D eigenvalue weighted by Gasteiger charge is -2.14. The van der Waals surface area contributed by atoms with Crippen molar-refractivity contribution >= 4 is 0 Å².